The molecule has 1 heterocycles. The summed E-state index contributed by atoms with van der Waals surface area (Å²) in [6.45, 7) is 7.03. The number of rotatable bonds is 5. The molecule has 1 atom stereocenters. The zero-order valence-electron chi connectivity index (χ0n) is 8.86. The molecule has 1 unspecified atom stereocenters. The molecular formula is C10H20N2O. The first-order valence-electron chi connectivity index (χ1n) is 5.00. The summed E-state index contributed by atoms with van der Waals surface area (Å²) in [6, 6.07) is 0. The van der Waals surface area contributed by atoms with Crippen LogP contribution < -0.4 is 0 Å². The zero-order chi connectivity index (χ0) is 9.68. The van der Waals surface area contributed by atoms with Gasteiger partial charge in [-0.05, 0) is 13.3 Å². The van der Waals surface area contributed by atoms with Crippen LogP contribution in [0.1, 0.15) is 20.3 Å². The Balaban J connectivity index is 2.26. The van der Waals surface area contributed by atoms with Gasteiger partial charge in [0.15, 0.2) is 0 Å². The van der Waals surface area contributed by atoms with Gasteiger partial charge in [0.05, 0.1) is 12.8 Å². The zero-order valence-corrected chi connectivity index (χ0v) is 8.86. The van der Waals surface area contributed by atoms with Crippen LogP contribution in [0.5, 0.6) is 0 Å². The third-order valence-corrected chi connectivity index (χ3v) is 2.23. The van der Waals surface area contributed by atoms with Crippen molar-refractivity contribution in [3.8, 4) is 0 Å². The smallest absolute Gasteiger partial charge is 0.0891 e. The van der Waals surface area contributed by atoms with E-state index in [0.29, 0.717) is 6.10 Å². The van der Waals surface area contributed by atoms with Gasteiger partial charge in [0.25, 0.3) is 0 Å². The van der Waals surface area contributed by atoms with Crippen LogP contribution in [0.25, 0.3) is 0 Å². The molecule has 0 spiro atoms. The normalized spacial score (nSPS) is 18.4. The van der Waals surface area contributed by atoms with Gasteiger partial charge in [0.1, 0.15) is 0 Å². The summed E-state index contributed by atoms with van der Waals surface area (Å²) in [5.41, 5.74) is 0. The van der Waals surface area contributed by atoms with Crippen LogP contribution in [-0.4, -0.2) is 42.8 Å². The largest absolute Gasteiger partial charge is 0.377 e. The highest BCUT2D eigenvalue weighted by Gasteiger charge is 2.13. The van der Waals surface area contributed by atoms with E-state index in [0.717, 1.165) is 26.2 Å². The molecule has 76 valence electrons. The summed E-state index contributed by atoms with van der Waals surface area (Å²) in [6.07, 6.45) is 5.68. The minimum absolute atomic E-state index is 0.376. The molecule has 1 aliphatic rings. The van der Waals surface area contributed by atoms with Gasteiger partial charge in [-0.3, -0.25) is 0 Å². The average Bonchev–Trinajstić information content (AvgIpc) is 2.50. The van der Waals surface area contributed by atoms with E-state index in [2.05, 4.69) is 43.1 Å². The van der Waals surface area contributed by atoms with Crippen LogP contribution in [0.4, 0.5) is 0 Å². The van der Waals surface area contributed by atoms with Crippen LogP contribution >= 0.6 is 0 Å². The summed E-state index contributed by atoms with van der Waals surface area (Å²) >= 11 is 0. The van der Waals surface area contributed by atoms with E-state index in [1.54, 1.807) is 0 Å². The lowest BCUT2D eigenvalue weighted by Crippen LogP contribution is -2.31. The van der Waals surface area contributed by atoms with Crippen molar-refractivity contribution in [3.63, 3.8) is 0 Å². The Bertz CT molecular complexity index is 170. The van der Waals surface area contributed by atoms with Crippen LogP contribution in [0, 0.1) is 0 Å². The fourth-order valence-electron chi connectivity index (χ4n) is 1.50. The Morgan fingerprint density at radius 1 is 1.38 bits per heavy atom. The van der Waals surface area contributed by atoms with Gasteiger partial charge in [-0.2, -0.15) is 0 Å². The van der Waals surface area contributed by atoms with Gasteiger partial charge in [-0.15, -0.1) is 0 Å². The second-order valence-corrected chi connectivity index (χ2v) is 3.45. The van der Waals surface area contributed by atoms with Crippen molar-refractivity contribution in [2.45, 2.75) is 26.4 Å². The Morgan fingerprint density at radius 3 is 2.62 bits per heavy atom. The molecular weight excluding hydrogens is 164 g/mol. The van der Waals surface area contributed by atoms with Crippen molar-refractivity contribution < 1.29 is 4.74 Å². The summed E-state index contributed by atoms with van der Waals surface area (Å²) in [4.78, 5) is 4.45. The molecule has 0 saturated heterocycles. The molecule has 1 rings (SSSR count). The molecule has 0 aromatic rings. The first-order valence-corrected chi connectivity index (χ1v) is 5.00. The average molecular weight is 184 g/mol. The van der Waals surface area contributed by atoms with E-state index in [-0.39, 0.29) is 0 Å². The Morgan fingerprint density at radius 2 is 2.15 bits per heavy atom. The fraction of sp³-hybridized carbons (Fsp3) is 0.800. The maximum Gasteiger partial charge on any atom is 0.0891 e. The number of ether oxygens (including phenoxy) is 1. The van der Waals surface area contributed by atoms with Gasteiger partial charge in [0, 0.05) is 32.6 Å². The van der Waals surface area contributed by atoms with Crippen LogP contribution in [0.2, 0.25) is 0 Å². The maximum absolute atomic E-state index is 5.59. The van der Waals surface area contributed by atoms with Crippen LogP contribution in [-0.2, 0) is 4.74 Å². The topological polar surface area (TPSA) is 15.7 Å². The molecule has 0 aromatic heterocycles. The second kappa shape index (κ2) is 5.12. The van der Waals surface area contributed by atoms with Crippen molar-refractivity contribution in [1.82, 2.24) is 9.80 Å². The highest BCUT2D eigenvalue weighted by atomic mass is 16.5. The van der Waals surface area contributed by atoms with Crippen molar-refractivity contribution in [2.24, 2.45) is 0 Å². The fourth-order valence-corrected chi connectivity index (χ4v) is 1.50. The van der Waals surface area contributed by atoms with Gasteiger partial charge in [-0.1, -0.05) is 6.92 Å². The highest BCUT2D eigenvalue weighted by molar-refractivity contribution is 4.89. The number of nitrogens with zero attached hydrogens (tertiary/aromatic N) is 2. The molecule has 3 heteroatoms. The predicted octanol–water partition coefficient (Wildman–Crippen LogP) is 1.48. The monoisotopic (exact) mass is 184 g/mol. The predicted molar refractivity (Wildman–Crippen MR) is 54.2 cm³/mol. The SMILES string of the molecule is CCOC(CC)CN1C=CN(C)C1. The molecule has 0 saturated carbocycles. The van der Waals surface area contributed by atoms with Crippen molar-refractivity contribution in [2.75, 3.05) is 26.9 Å². The number of hydrogen-bond acceptors (Lipinski definition) is 3. The molecule has 0 bridgehead atoms. The molecule has 0 radical (unpaired) electrons. The lowest BCUT2D eigenvalue weighted by atomic mass is 10.2. The van der Waals surface area contributed by atoms with E-state index in [9.17, 15) is 0 Å². The lowest BCUT2D eigenvalue weighted by Gasteiger charge is -2.23. The third kappa shape index (κ3) is 3.27. The van der Waals surface area contributed by atoms with Crippen LogP contribution in [0.15, 0.2) is 12.4 Å². The van der Waals surface area contributed by atoms with Gasteiger partial charge >= 0.3 is 0 Å². The minimum atomic E-state index is 0.376. The number of hydrogen-bond donors (Lipinski definition) is 0. The Hall–Kier alpha value is -0.700. The minimum Gasteiger partial charge on any atom is -0.377 e. The van der Waals surface area contributed by atoms with E-state index in [1.165, 1.54) is 0 Å². The summed E-state index contributed by atoms with van der Waals surface area (Å²) < 4.78 is 5.59. The molecule has 13 heavy (non-hydrogen) atoms. The van der Waals surface area contributed by atoms with Crippen molar-refractivity contribution >= 4 is 0 Å². The quantitative estimate of drug-likeness (QED) is 0.643. The maximum atomic E-state index is 5.59. The highest BCUT2D eigenvalue weighted by Crippen LogP contribution is 2.07. The van der Waals surface area contributed by atoms with Gasteiger partial charge in [-0.25, -0.2) is 0 Å². The molecule has 0 aliphatic carbocycles. The molecule has 3 nitrogen and oxygen atoms in total. The summed E-state index contributed by atoms with van der Waals surface area (Å²) in [5.74, 6) is 0. The first-order chi connectivity index (χ1) is 6.26. The summed E-state index contributed by atoms with van der Waals surface area (Å²) in [7, 11) is 2.08. The van der Waals surface area contributed by atoms with Crippen molar-refractivity contribution in [1.29, 1.82) is 0 Å². The molecule has 0 N–H and O–H groups in total. The van der Waals surface area contributed by atoms with Gasteiger partial charge in [0.2, 0.25) is 0 Å². The molecule has 0 aromatic carbocycles. The Kier molecular flexibility index (Phi) is 4.09. The standard InChI is InChI=1S/C10H20N2O/c1-4-10(13-5-2)8-12-7-6-11(3)9-12/h6-7,10H,4-5,8-9H2,1-3H3. The van der Waals surface area contributed by atoms with Gasteiger partial charge < -0.3 is 14.5 Å². The van der Waals surface area contributed by atoms with E-state index < -0.39 is 0 Å². The van der Waals surface area contributed by atoms with E-state index in [1.807, 2.05) is 0 Å². The van der Waals surface area contributed by atoms with E-state index >= 15 is 0 Å². The second-order valence-electron chi connectivity index (χ2n) is 3.45. The first kappa shape index (κ1) is 10.4. The molecule has 1 aliphatic heterocycles. The summed E-state index contributed by atoms with van der Waals surface area (Å²) in [5, 5.41) is 0. The lowest BCUT2D eigenvalue weighted by molar-refractivity contribution is 0.0387. The Labute approximate surface area is 81.0 Å². The molecule has 0 fully saturated rings. The third-order valence-electron chi connectivity index (χ3n) is 2.23. The van der Waals surface area contributed by atoms with Crippen molar-refractivity contribution in [3.05, 3.63) is 12.4 Å². The molecule has 0 amide bonds. The van der Waals surface area contributed by atoms with Crippen LogP contribution in [0.3, 0.4) is 0 Å². The van der Waals surface area contributed by atoms with E-state index in [4.69, 9.17) is 4.74 Å².